The summed E-state index contributed by atoms with van der Waals surface area (Å²) in [6.45, 7) is 1.99. The molecule has 1 aliphatic rings. The third-order valence-electron chi connectivity index (χ3n) is 4.36. The fourth-order valence-electron chi connectivity index (χ4n) is 3.02. The summed E-state index contributed by atoms with van der Waals surface area (Å²) in [5.74, 6) is -0.538. The number of ether oxygens (including phenoxy) is 2. The van der Waals surface area contributed by atoms with E-state index in [9.17, 15) is 9.59 Å². The van der Waals surface area contributed by atoms with Crippen molar-refractivity contribution in [1.82, 2.24) is 0 Å². The fraction of sp³-hybridized carbons (Fsp3) is 0.500. The zero-order valence-corrected chi connectivity index (χ0v) is 12.2. The molecule has 0 heterocycles. The van der Waals surface area contributed by atoms with Gasteiger partial charge in [-0.25, -0.2) is 4.79 Å². The van der Waals surface area contributed by atoms with E-state index >= 15 is 0 Å². The number of benzene rings is 1. The minimum absolute atomic E-state index is 0.190. The van der Waals surface area contributed by atoms with E-state index < -0.39 is 5.41 Å². The molecule has 20 heavy (non-hydrogen) atoms. The topological polar surface area (TPSA) is 52.6 Å². The number of fused-ring (bicyclic) bond motifs is 1. The summed E-state index contributed by atoms with van der Waals surface area (Å²) < 4.78 is 9.81. The maximum absolute atomic E-state index is 12.1. The Hall–Kier alpha value is -1.84. The maximum Gasteiger partial charge on any atom is 0.338 e. The van der Waals surface area contributed by atoms with Gasteiger partial charge in [-0.15, -0.1) is 0 Å². The lowest BCUT2D eigenvalue weighted by Crippen LogP contribution is -2.38. The van der Waals surface area contributed by atoms with Gasteiger partial charge in [-0.3, -0.25) is 4.79 Å². The van der Waals surface area contributed by atoms with Crippen molar-refractivity contribution < 1.29 is 19.1 Å². The lowest BCUT2D eigenvalue weighted by molar-refractivity contribution is -0.153. The Morgan fingerprint density at radius 3 is 2.60 bits per heavy atom. The first-order valence-electron chi connectivity index (χ1n) is 6.85. The average Bonchev–Trinajstić information content (AvgIpc) is 2.52. The van der Waals surface area contributed by atoms with Crippen molar-refractivity contribution in [3.8, 4) is 0 Å². The highest BCUT2D eigenvalue weighted by atomic mass is 16.5. The molecule has 108 valence electrons. The Bertz CT molecular complexity index is 535. The molecule has 1 unspecified atom stereocenters. The third-order valence-corrected chi connectivity index (χ3v) is 4.36. The predicted octanol–water partition coefficient (Wildman–Crippen LogP) is 2.53. The first-order valence-corrected chi connectivity index (χ1v) is 6.85. The standard InChI is InChI=1S/C16H20O4/c1-4-16(15(18)20-3)9-8-11-6-5-7-12(13(11)10-16)14(17)19-2/h5-7H,4,8-10H2,1-3H3. The third kappa shape index (κ3) is 2.30. The summed E-state index contributed by atoms with van der Waals surface area (Å²) >= 11 is 0. The molecule has 0 saturated carbocycles. The highest BCUT2D eigenvalue weighted by Crippen LogP contribution is 2.40. The lowest BCUT2D eigenvalue weighted by Gasteiger charge is -2.35. The number of hydrogen-bond donors (Lipinski definition) is 0. The predicted molar refractivity (Wildman–Crippen MR) is 74.5 cm³/mol. The molecule has 1 aromatic carbocycles. The van der Waals surface area contributed by atoms with Crippen molar-refractivity contribution in [2.45, 2.75) is 32.6 Å². The van der Waals surface area contributed by atoms with Crippen LogP contribution in [0.15, 0.2) is 18.2 Å². The van der Waals surface area contributed by atoms with Crippen LogP contribution in [-0.4, -0.2) is 26.2 Å². The second-order valence-electron chi connectivity index (χ2n) is 5.24. The van der Waals surface area contributed by atoms with E-state index in [-0.39, 0.29) is 11.9 Å². The van der Waals surface area contributed by atoms with Gasteiger partial charge in [0, 0.05) is 0 Å². The summed E-state index contributed by atoms with van der Waals surface area (Å²) in [5.41, 5.74) is 2.09. The number of carbonyl (C=O) groups is 2. The van der Waals surface area contributed by atoms with E-state index in [1.807, 2.05) is 19.1 Å². The van der Waals surface area contributed by atoms with Gasteiger partial charge in [0.25, 0.3) is 0 Å². The zero-order chi connectivity index (χ0) is 14.8. The smallest absolute Gasteiger partial charge is 0.338 e. The minimum Gasteiger partial charge on any atom is -0.469 e. The summed E-state index contributed by atoms with van der Waals surface area (Å²) in [4.78, 5) is 24.0. The van der Waals surface area contributed by atoms with Crippen LogP contribution in [0, 0.1) is 5.41 Å². The molecule has 1 aliphatic carbocycles. The van der Waals surface area contributed by atoms with Gasteiger partial charge in [-0.05, 0) is 42.9 Å². The molecule has 2 rings (SSSR count). The summed E-state index contributed by atoms with van der Waals surface area (Å²) in [6.07, 6.45) is 2.78. The molecule has 4 nitrogen and oxygen atoms in total. The van der Waals surface area contributed by atoms with Crippen LogP contribution in [-0.2, 0) is 27.1 Å². The molecule has 1 atom stereocenters. The molecule has 0 bridgehead atoms. The van der Waals surface area contributed by atoms with E-state index in [1.165, 1.54) is 14.2 Å². The molecule has 0 aromatic heterocycles. The number of aryl methyl sites for hydroxylation is 1. The van der Waals surface area contributed by atoms with E-state index in [0.717, 1.165) is 24.0 Å². The summed E-state index contributed by atoms with van der Waals surface area (Å²) in [7, 11) is 2.79. The molecular formula is C16H20O4. The number of esters is 2. The van der Waals surface area contributed by atoms with Crippen molar-refractivity contribution in [1.29, 1.82) is 0 Å². The molecule has 0 radical (unpaired) electrons. The first kappa shape index (κ1) is 14.6. The second kappa shape index (κ2) is 5.65. The van der Waals surface area contributed by atoms with Crippen molar-refractivity contribution in [2.75, 3.05) is 14.2 Å². The van der Waals surface area contributed by atoms with Crippen molar-refractivity contribution in [2.24, 2.45) is 5.41 Å². The van der Waals surface area contributed by atoms with Gasteiger partial charge in [0.2, 0.25) is 0 Å². The van der Waals surface area contributed by atoms with Crippen LogP contribution in [0.4, 0.5) is 0 Å². The van der Waals surface area contributed by atoms with E-state index in [4.69, 9.17) is 9.47 Å². The van der Waals surface area contributed by atoms with E-state index in [1.54, 1.807) is 6.07 Å². The van der Waals surface area contributed by atoms with Gasteiger partial charge < -0.3 is 9.47 Å². The van der Waals surface area contributed by atoms with Gasteiger partial charge in [-0.1, -0.05) is 19.1 Å². The van der Waals surface area contributed by atoms with Gasteiger partial charge in [-0.2, -0.15) is 0 Å². The Labute approximate surface area is 119 Å². The second-order valence-corrected chi connectivity index (χ2v) is 5.24. The highest BCUT2D eigenvalue weighted by Gasteiger charge is 2.41. The molecule has 0 spiro atoms. The molecular weight excluding hydrogens is 256 g/mol. The number of carbonyl (C=O) groups excluding carboxylic acids is 2. The minimum atomic E-state index is -0.522. The van der Waals surface area contributed by atoms with Crippen molar-refractivity contribution >= 4 is 11.9 Å². The molecule has 0 N–H and O–H groups in total. The van der Waals surface area contributed by atoms with Crippen LogP contribution < -0.4 is 0 Å². The van der Waals surface area contributed by atoms with Crippen LogP contribution in [0.3, 0.4) is 0 Å². The van der Waals surface area contributed by atoms with E-state index in [0.29, 0.717) is 18.4 Å². The monoisotopic (exact) mass is 276 g/mol. The first-order chi connectivity index (χ1) is 9.57. The molecule has 4 heteroatoms. The van der Waals surface area contributed by atoms with Crippen LogP contribution in [0.2, 0.25) is 0 Å². The molecule has 0 aliphatic heterocycles. The summed E-state index contributed by atoms with van der Waals surface area (Å²) in [6, 6.07) is 5.63. The van der Waals surface area contributed by atoms with Crippen LogP contribution in [0.5, 0.6) is 0 Å². The van der Waals surface area contributed by atoms with E-state index in [2.05, 4.69) is 0 Å². The Morgan fingerprint density at radius 1 is 1.25 bits per heavy atom. The van der Waals surface area contributed by atoms with Crippen LogP contribution in [0.25, 0.3) is 0 Å². The van der Waals surface area contributed by atoms with Gasteiger partial charge in [0.1, 0.15) is 0 Å². The maximum atomic E-state index is 12.1. The Morgan fingerprint density at radius 2 is 2.00 bits per heavy atom. The highest BCUT2D eigenvalue weighted by molar-refractivity contribution is 5.92. The molecule has 0 saturated heterocycles. The SMILES string of the molecule is CCC1(C(=O)OC)CCc2cccc(C(=O)OC)c2C1. The number of methoxy groups -OCH3 is 2. The van der Waals surface area contributed by atoms with Crippen LogP contribution >= 0.6 is 0 Å². The van der Waals surface area contributed by atoms with Crippen molar-refractivity contribution in [3.05, 3.63) is 34.9 Å². The Balaban J connectivity index is 2.46. The van der Waals surface area contributed by atoms with Gasteiger partial charge in [0.05, 0.1) is 25.2 Å². The van der Waals surface area contributed by atoms with Gasteiger partial charge in [0.15, 0.2) is 0 Å². The molecule has 0 fully saturated rings. The van der Waals surface area contributed by atoms with Gasteiger partial charge >= 0.3 is 11.9 Å². The molecule has 0 amide bonds. The average molecular weight is 276 g/mol. The van der Waals surface area contributed by atoms with Crippen molar-refractivity contribution in [3.63, 3.8) is 0 Å². The van der Waals surface area contributed by atoms with Crippen LogP contribution in [0.1, 0.15) is 41.3 Å². The largest absolute Gasteiger partial charge is 0.469 e. The Kier molecular flexibility index (Phi) is 4.12. The zero-order valence-electron chi connectivity index (χ0n) is 12.2. The molecule has 1 aromatic rings. The number of rotatable bonds is 3. The normalized spacial score (nSPS) is 20.9. The lowest BCUT2D eigenvalue weighted by atomic mass is 9.69. The fourth-order valence-corrected chi connectivity index (χ4v) is 3.02. The quantitative estimate of drug-likeness (QED) is 0.796. The summed E-state index contributed by atoms with van der Waals surface area (Å²) in [5, 5.41) is 0. The number of hydrogen-bond acceptors (Lipinski definition) is 4.